The van der Waals surface area contributed by atoms with E-state index in [2.05, 4.69) is 36.7 Å². The van der Waals surface area contributed by atoms with Gasteiger partial charge in [-0.15, -0.1) is 6.58 Å². The lowest BCUT2D eigenvalue weighted by Gasteiger charge is -2.01. The van der Waals surface area contributed by atoms with Gasteiger partial charge in [0.1, 0.15) is 0 Å². The van der Waals surface area contributed by atoms with E-state index in [0.29, 0.717) is 19.4 Å². The Labute approximate surface area is 145 Å². The van der Waals surface area contributed by atoms with Crippen LogP contribution in [0.2, 0.25) is 0 Å². The van der Waals surface area contributed by atoms with Gasteiger partial charge in [0.2, 0.25) is 5.91 Å². The minimum Gasteiger partial charge on any atom is -0.313 e. The van der Waals surface area contributed by atoms with Crippen molar-refractivity contribution in [1.29, 1.82) is 0 Å². The van der Waals surface area contributed by atoms with Gasteiger partial charge in [-0.25, -0.2) is 0 Å². The number of rotatable bonds is 5. The second-order valence-corrected chi connectivity index (χ2v) is 6.76. The normalized spacial score (nSPS) is 11.8. The largest absolute Gasteiger partial charge is 0.313 e. The average Bonchev–Trinajstić information content (AvgIpc) is 2.91. The van der Waals surface area contributed by atoms with Crippen LogP contribution in [0, 0.1) is 6.92 Å². The van der Waals surface area contributed by atoms with Crippen LogP contribution >= 0.6 is 11.3 Å². The van der Waals surface area contributed by atoms with E-state index in [0.717, 1.165) is 20.6 Å². The van der Waals surface area contributed by atoms with Crippen molar-refractivity contribution in [3.05, 3.63) is 77.1 Å². The summed E-state index contributed by atoms with van der Waals surface area (Å²) in [4.78, 5) is 17.4. The minimum atomic E-state index is -0.0834. The molecular weight excluding hydrogens is 316 g/mol. The Bertz CT molecular complexity index is 935. The summed E-state index contributed by atoms with van der Waals surface area (Å²) in [5.41, 5.74) is 3.46. The summed E-state index contributed by atoms with van der Waals surface area (Å²) in [5, 5.41) is 0. The fraction of sp³-hybridized carbons (Fsp3) is 0.200. The quantitative estimate of drug-likeness (QED) is 0.641. The van der Waals surface area contributed by atoms with Crippen LogP contribution in [0.1, 0.15) is 17.5 Å². The molecule has 1 heterocycles. The highest BCUT2D eigenvalue weighted by Gasteiger charge is 2.07. The van der Waals surface area contributed by atoms with E-state index in [1.54, 1.807) is 11.3 Å². The van der Waals surface area contributed by atoms with Crippen molar-refractivity contribution in [2.75, 3.05) is 0 Å². The van der Waals surface area contributed by atoms with Crippen molar-refractivity contribution >= 4 is 27.5 Å². The highest BCUT2D eigenvalue weighted by molar-refractivity contribution is 7.16. The second-order valence-electron chi connectivity index (χ2n) is 5.75. The number of carbonyl (C=O) groups excluding carboxylic acids is 1. The number of aromatic nitrogens is 1. The number of fused-ring (bicyclic) bond motifs is 1. The SMILES string of the molecule is C=CCn1c(=NC(=O)CCc2ccccc2)sc2cc(C)ccc21. The average molecular weight is 336 g/mol. The first kappa shape index (κ1) is 16.4. The van der Waals surface area contributed by atoms with Gasteiger partial charge in [0, 0.05) is 13.0 Å². The van der Waals surface area contributed by atoms with Gasteiger partial charge in [-0.1, -0.05) is 53.8 Å². The Morgan fingerprint density at radius 2 is 2.04 bits per heavy atom. The Hall–Kier alpha value is -2.46. The summed E-state index contributed by atoms with van der Waals surface area (Å²) in [6, 6.07) is 16.3. The predicted molar refractivity (Wildman–Crippen MR) is 100 cm³/mol. The lowest BCUT2D eigenvalue weighted by Crippen LogP contribution is -2.16. The number of benzene rings is 2. The zero-order valence-corrected chi connectivity index (χ0v) is 14.6. The lowest BCUT2D eigenvalue weighted by atomic mass is 10.1. The number of aryl methyl sites for hydroxylation is 2. The molecule has 0 N–H and O–H groups in total. The molecule has 24 heavy (non-hydrogen) atoms. The maximum Gasteiger partial charge on any atom is 0.248 e. The molecule has 0 saturated heterocycles. The van der Waals surface area contributed by atoms with Gasteiger partial charge in [0.05, 0.1) is 10.2 Å². The molecule has 0 spiro atoms. The van der Waals surface area contributed by atoms with Crippen LogP contribution in [0.3, 0.4) is 0 Å². The van der Waals surface area contributed by atoms with Gasteiger partial charge < -0.3 is 4.57 Å². The fourth-order valence-electron chi connectivity index (χ4n) is 2.63. The summed E-state index contributed by atoms with van der Waals surface area (Å²) in [6.45, 7) is 6.53. The molecule has 0 atom stereocenters. The van der Waals surface area contributed by atoms with Crippen LogP contribution in [0.25, 0.3) is 10.2 Å². The maximum absolute atomic E-state index is 12.3. The van der Waals surface area contributed by atoms with Crippen LogP contribution < -0.4 is 4.80 Å². The van der Waals surface area contributed by atoms with Crippen LogP contribution in [0.5, 0.6) is 0 Å². The topological polar surface area (TPSA) is 34.4 Å². The molecule has 0 bridgehead atoms. The Morgan fingerprint density at radius 3 is 2.79 bits per heavy atom. The summed E-state index contributed by atoms with van der Waals surface area (Å²) in [6.07, 6.45) is 2.97. The smallest absolute Gasteiger partial charge is 0.248 e. The Morgan fingerprint density at radius 1 is 1.25 bits per heavy atom. The first-order valence-electron chi connectivity index (χ1n) is 8.00. The molecule has 1 aromatic heterocycles. The molecule has 0 unspecified atom stereocenters. The third-order valence-corrected chi connectivity index (χ3v) is 4.88. The third-order valence-electron chi connectivity index (χ3n) is 3.84. The molecule has 1 amide bonds. The van der Waals surface area contributed by atoms with Crippen molar-refractivity contribution in [2.45, 2.75) is 26.3 Å². The molecular formula is C20H20N2OS. The second kappa shape index (κ2) is 7.41. The number of hydrogen-bond acceptors (Lipinski definition) is 2. The number of thiazole rings is 1. The van der Waals surface area contributed by atoms with E-state index in [4.69, 9.17) is 0 Å². The molecule has 3 nitrogen and oxygen atoms in total. The van der Waals surface area contributed by atoms with Crippen LogP contribution in [0.4, 0.5) is 0 Å². The molecule has 0 aliphatic carbocycles. The summed E-state index contributed by atoms with van der Waals surface area (Å²) >= 11 is 1.56. The number of carbonyl (C=O) groups is 1. The standard InChI is InChI=1S/C20H20N2OS/c1-3-13-22-17-11-9-15(2)14-18(17)24-20(22)21-19(23)12-10-16-7-5-4-6-8-16/h3-9,11,14H,1,10,12-13H2,2H3. The fourth-order valence-corrected chi connectivity index (χ4v) is 3.78. The monoisotopic (exact) mass is 336 g/mol. The van der Waals surface area contributed by atoms with E-state index < -0.39 is 0 Å². The molecule has 2 aromatic carbocycles. The van der Waals surface area contributed by atoms with Crippen molar-refractivity contribution in [3.8, 4) is 0 Å². The molecule has 0 radical (unpaired) electrons. The number of allylic oxidation sites excluding steroid dienone is 1. The van der Waals surface area contributed by atoms with Crippen LogP contribution in [-0.2, 0) is 17.8 Å². The van der Waals surface area contributed by atoms with Gasteiger partial charge in [0.15, 0.2) is 4.80 Å². The summed E-state index contributed by atoms with van der Waals surface area (Å²) in [7, 11) is 0. The molecule has 0 saturated carbocycles. The Kier molecular flexibility index (Phi) is 5.06. The Balaban J connectivity index is 1.89. The molecule has 0 aliphatic rings. The first-order chi connectivity index (χ1) is 11.7. The molecule has 0 aliphatic heterocycles. The summed E-state index contributed by atoms with van der Waals surface area (Å²) in [5.74, 6) is -0.0834. The van der Waals surface area contributed by atoms with Crippen LogP contribution in [0.15, 0.2) is 66.2 Å². The van der Waals surface area contributed by atoms with Crippen molar-refractivity contribution in [3.63, 3.8) is 0 Å². The zero-order valence-electron chi connectivity index (χ0n) is 13.7. The van der Waals surface area contributed by atoms with E-state index in [9.17, 15) is 4.79 Å². The van der Waals surface area contributed by atoms with Gasteiger partial charge in [-0.2, -0.15) is 4.99 Å². The third kappa shape index (κ3) is 3.71. The summed E-state index contributed by atoms with van der Waals surface area (Å²) < 4.78 is 3.19. The highest BCUT2D eigenvalue weighted by Crippen LogP contribution is 2.19. The minimum absolute atomic E-state index is 0.0834. The van der Waals surface area contributed by atoms with Crippen molar-refractivity contribution in [1.82, 2.24) is 4.57 Å². The molecule has 4 heteroatoms. The predicted octanol–water partition coefficient (Wildman–Crippen LogP) is 4.26. The highest BCUT2D eigenvalue weighted by atomic mass is 32.1. The van der Waals surface area contributed by atoms with E-state index in [1.807, 2.05) is 41.0 Å². The number of amides is 1. The van der Waals surface area contributed by atoms with Gasteiger partial charge >= 0.3 is 0 Å². The van der Waals surface area contributed by atoms with Gasteiger partial charge in [0.25, 0.3) is 0 Å². The van der Waals surface area contributed by atoms with E-state index in [-0.39, 0.29) is 5.91 Å². The first-order valence-corrected chi connectivity index (χ1v) is 8.81. The van der Waals surface area contributed by atoms with Gasteiger partial charge in [-0.3, -0.25) is 4.79 Å². The van der Waals surface area contributed by atoms with E-state index >= 15 is 0 Å². The number of hydrogen-bond donors (Lipinski definition) is 0. The molecule has 3 rings (SSSR count). The van der Waals surface area contributed by atoms with E-state index in [1.165, 1.54) is 5.56 Å². The molecule has 0 fully saturated rings. The zero-order chi connectivity index (χ0) is 16.9. The van der Waals surface area contributed by atoms with Crippen molar-refractivity contribution < 1.29 is 4.79 Å². The maximum atomic E-state index is 12.3. The van der Waals surface area contributed by atoms with Gasteiger partial charge in [-0.05, 0) is 36.6 Å². The molecule has 122 valence electrons. The van der Waals surface area contributed by atoms with Crippen LogP contribution in [-0.4, -0.2) is 10.5 Å². The number of nitrogens with zero attached hydrogens (tertiary/aromatic N) is 2. The lowest BCUT2D eigenvalue weighted by molar-refractivity contribution is -0.118. The van der Waals surface area contributed by atoms with Crippen molar-refractivity contribution in [2.24, 2.45) is 4.99 Å². The molecule has 3 aromatic rings.